The van der Waals surface area contributed by atoms with Crippen LogP contribution in [-0.2, 0) is 19.0 Å². The van der Waals surface area contributed by atoms with Gasteiger partial charge in [0.2, 0.25) is 0 Å². The summed E-state index contributed by atoms with van der Waals surface area (Å²) in [7, 11) is 0. The number of Topliss-reactive ketones (excluding diaryl/α,β-unsaturated/α-hetero) is 1. The number of hydrogen-bond acceptors (Lipinski definition) is 5. The summed E-state index contributed by atoms with van der Waals surface area (Å²) < 4.78 is 19.1. The Morgan fingerprint density at radius 3 is 2.59 bits per heavy atom. The summed E-state index contributed by atoms with van der Waals surface area (Å²) in [6.45, 7) is 3.31. The van der Waals surface area contributed by atoms with Gasteiger partial charge in [-0.2, -0.15) is 0 Å². The number of ether oxygens (including phenoxy) is 3. The lowest BCUT2D eigenvalue weighted by atomic mass is 9.67. The number of rotatable bonds is 2. The van der Waals surface area contributed by atoms with E-state index in [9.17, 15) is 9.59 Å². The van der Waals surface area contributed by atoms with Crippen LogP contribution < -0.4 is 0 Å². The summed E-state index contributed by atoms with van der Waals surface area (Å²) in [5, 5.41) is 0. The van der Waals surface area contributed by atoms with Crippen LogP contribution in [0.15, 0.2) is 28.7 Å². The Balaban J connectivity index is 1.58. The molecular weight excluding hydrogens is 412 g/mol. The lowest BCUT2D eigenvalue weighted by Crippen LogP contribution is -2.52. The van der Waals surface area contributed by atoms with E-state index in [0.717, 1.165) is 30.2 Å². The van der Waals surface area contributed by atoms with E-state index in [-0.39, 0.29) is 29.2 Å². The molecule has 0 amide bonds. The van der Waals surface area contributed by atoms with Crippen LogP contribution in [0.25, 0.3) is 0 Å². The zero-order valence-electron chi connectivity index (χ0n) is 15.5. The zero-order valence-corrected chi connectivity index (χ0v) is 17.1. The highest BCUT2D eigenvalue weighted by molar-refractivity contribution is 9.10. The molecule has 1 aromatic carbocycles. The Morgan fingerprint density at radius 2 is 1.89 bits per heavy atom. The van der Waals surface area contributed by atoms with Crippen molar-refractivity contribution in [2.75, 3.05) is 13.2 Å². The molecule has 3 atom stereocenters. The molecule has 4 rings (SSSR count). The number of esters is 1. The van der Waals surface area contributed by atoms with Crippen molar-refractivity contribution in [2.24, 2.45) is 11.3 Å². The maximum absolute atomic E-state index is 12.7. The molecule has 6 heteroatoms. The van der Waals surface area contributed by atoms with Crippen LogP contribution in [-0.4, -0.2) is 36.9 Å². The van der Waals surface area contributed by atoms with Crippen LogP contribution in [0, 0.1) is 11.3 Å². The summed E-state index contributed by atoms with van der Waals surface area (Å²) in [6.07, 6.45) is 3.72. The third-order valence-electron chi connectivity index (χ3n) is 6.59. The van der Waals surface area contributed by atoms with E-state index in [1.54, 1.807) is 12.1 Å². The minimum Gasteiger partial charge on any atom is -0.458 e. The second-order valence-corrected chi connectivity index (χ2v) is 8.98. The van der Waals surface area contributed by atoms with Gasteiger partial charge in [-0.25, -0.2) is 4.79 Å². The number of halogens is 1. The summed E-state index contributed by atoms with van der Waals surface area (Å²) in [5.41, 5.74) is 0.191. The first kappa shape index (κ1) is 19.1. The molecule has 3 fully saturated rings. The molecule has 0 N–H and O–H groups in total. The van der Waals surface area contributed by atoms with Crippen molar-refractivity contribution in [2.45, 2.75) is 57.3 Å². The monoisotopic (exact) mass is 436 g/mol. The minimum absolute atomic E-state index is 0.0807. The van der Waals surface area contributed by atoms with Gasteiger partial charge in [0.1, 0.15) is 11.9 Å². The third kappa shape index (κ3) is 3.36. The van der Waals surface area contributed by atoms with E-state index in [2.05, 4.69) is 22.9 Å². The predicted octanol–water partition coefficient (Wildman–Crippen LogP) is 4.28. The first-order chi connectivity index (χ1) is 12.9. The van der Waals surface area contributed by atoms with Crippen molar-refractivity contribution < 1.29 is 23.8 Å². The van der Waals surface area contributed by atoms with Gasteiger partial charge < -0.3 is 14.2 Å². The van der Waals surface area contributed by atoms with E-state index in [1.807, 2.05) is 12.1 Å². The number of ketones is 1. The summed E-state index contributed by atoms with van der Waals surface area (Å²) in [5.74, 6) is -0.834. The van der Waals surface area contributed by atoms with E-state index in [0.29, 0.717) is 31.6 Å². The first-order valence-electron chi connectivity index (χ1n) is 9.70. The average Bonchev–Trinajstić information content (AvgIpc) is 3.23. The molecule has 0 radical (unpaired) electrons. The van der Waals surface area contributed by atoms with Crippen LogP contribution >= 0.6 is 15.9 Å². The Labute approximate surface area is 167 Å². The van der Waals surface area contributed by atoms with Crippen molar-refractivity contribution in [3.8, 4) is 0 Å². The molecule has 3 aliphatic rings. The molecule has 1 saturated heterocycles. The zero-order chi connectivity index (χ0) is 19.1. The SMILES string of the molecule is C[C@]12CC[C@H](OC(=O)c3ccc(Br)cc3)[C@@H]1CC(=O)CCCC21OCCO1. The number of benzene rings is 1. The third-order valence-corrected chi connectivity index (χ3v) is 7.12. The van der Waals surface area contributed by atoms with Crippen molar-refractivity contribution in [3.63, 3.8) is 0 Å². The molecule has 1 aromatic rings. The van der Waals surface area contributed by atoms with Gasteiger partial charge in [-0.05, 0) is 43.5 Å². The van der Waals surface area contributed by atoms with E-state index in [1.165, 1.54) is 0 Å². The largest absolute Gasteiger partial charge is 0.458 e. The summed E-state index contributed by atoms with van der Waals surface area (Å²) in [4.78, 5) is 25.1. The normalized spacial score (nSPS) is 32.7. The second-order valence-electron chi connectivity index (χ2n) is 8.06. The molecular formula is C21H25BrO5. The number of fused-ring (bicyclic) bond motifs is 2. The Morgan fingerprint density at radius 1 is 1.19 bits per heavy atom. The lowest BCUT2D eigenvalue weighted by Gasteiger charge is -2.47. The fraction of sp³-hybridized carbons (Fsp3) is 0.619. The number of carbonyl (C=O) groups is 2. The van der Waals surface area contributed by atoms with Gasteiger partial charge in [0, 0.05) is 35.1 Å². The maximum Gasteiger partial charge on any atom is 0.338 e. The predicted molar refractivity (Wildman–Crippen MR) is 102 cm³/mol. The van der Waals surface area contributed by atoms with Crippen LogP contribution in [0.2, 0.25) is 0 Å². The van der Waals surface area contributed by atoms with E-state index < -0.39 is 5.79 Å². The fourth-order valence-electron chi connectivity index (χ4n) is 5.08. The second kappa shape index (κ2) is 7.30. The molecule has 1 heterocycles. The highest BCUT2D eigenvalue weighted by Crippen LogP contribution is 2.58. The molecule has 5 nitrogen and oxygen atoms in total. The molecule has 1 spiro atoms. The number of carbonyl (C=O) groups excluding carboxylic acids is 2. The molecule has 1 aliphatic heterocycles. The molecule has 146 valence electrons. The van der Waals surface area contributed by atoms with Gasteiger partial charge in [-0.1, -0.05) is 22.9 Å². The smallest absolute Gasteiger partial charge is 0.338 e. The fourth-order valence-corrected chi connectivity index (χ4v) is 5.35. The van der Waals surface area contributed by atoms with Crippen molar-refractivity contribution in [1.82, 2.24) is 0 Å². The van der Waals surface area contributed by atoms with Crippen LogP contribution in [0.1, 0.15) is 55.8 Å². The van der Waals surface area contributed by atoms with Gasteiger partial charge in [-0.3, -0.25) is 4.79 Å². The van der Waals surface area contributed by atoms with Crippen molar-refractivity contribution in [1.29, 1.82) is 0 Å². The summed E-state index contributed by atoms with van der Waals surface area (Å²) in [6, 6.07) is 7.14. The van der Waals surface area contributed by atoms with Crippen LogP contribution in [0.4, 0.5) is 0 Å². The minimum atomic E-state index is -0.656. The highest BCUT2D eigenvalue weighted by Gasteiger charge is 2.62. The van der Waals surface area contributed by atoms with Gasteiger partial charge in [-0.15, -0.1) is 0 Å². The van der Waals surface area contributed by atoms with Gasteiger partial charge in [0.05, 0.1) is 18.8 Å². The highest BCUT2D eigenvalue weighted by atomic mass is 79.9. The van der Waals surface area contributed by atoms with Gasteiger partial charge in [0.25, 0.3) is 0 Å². The Hall–Kier alpha value is -1.24. The Bertz CT molecular complexity index is 725. The van der Waals surface area contributed by atoms with E-state index >= 15 is 0 Å². The summed E-state index contributed by atoms with van der Waals surface area (Å²) >= 11 is 3.37. The molecule has 2 aliphatic carbocycles. The van der Waals surface area contributed by atoms with E-state index in [4.69, 9.17) is 14.2 Å². The van der Waals surface area contributed by atoms with Crippen molar-refractivity contribution >= 4 is 27.7 Å². The van der Waals surface area contributed by atoms with Crippen LogP contribution in [0.3, 0.4) is 0 Å². The average molecular weight is 437 g/mol. The Kier molecular flexibility index (Phi) is 5.16. The quantitative estimate of drug-likeness (QED) is 0.647. The topological polar surface area (TPSA) is 61.8 Å². The molecule has 2 saturated carbocycles. The van der Waals surface area contributed by atoms with Crippen LogP contribution in [0.5, 0.6) is 0 Å². The van der Waals surface area contributed by atoms with Gasteiger partial charge >= 0.3 is 5.97 Å². The standard InChI is InChI=1S/C21H25BrO5/c1-20-10-8-18(27-19(24)14-4-6-15(22)7-5-14)17(20)13-16(23)3-2-9-21(20)25-11-12-26-21/h4-7,17-18H,2-3,8-13H2,1H3/t17-,18-,20-/m0/s1. The first-order valence-corrected chi connectivity index (χ1v) is 10.5. The lowest BCUT2D eigenvalue weighted by molar-refractivity contribution is -0.253. The molecule has 0 bridgehead atoms. The van der Waals surface area contributed by atoms with Gasteiger partial charge in [0.15, 0.2) is 5.79 Å². The number of hydrogen-bond donors (Lipinski definition) is 0. The molecule has 0 aromatic heterocycles. The molecule has 0 unspecified atom stereocenters. The van der Waals surface area contributed by atoms with Crippen molar-refractivity contribution in [3.05, 3.63) is 34.3 Å². The maximum atomic E-state index is 12.7. The molecule has 27 heavy (non-hydrogen) atoms.